The molecule has 1 amide bonds. The highest BCUT2D eigenvalue weighted by Gasteiger charge is 2.19. The quantitative estimate of drug-likeness (QED) is 0.781. The summed E-state index contributed by atoms with van der Waals surface area (Å²) >= 11 is 0. The van der Waals surface area contributed by atoms with E-state index in [1.807, 2.05) is 5.48 Å². The first-order chi connectivity index (χ1) is 10.0. The maximum absolute atomic E-state index is 13.1. The third-order valence-corrected chi connectivity index (χ3v) is 2.56. The largest absolute Gasteiger partial charge is 0.365 e. The lowest BCUT2D eigenvalue weighted by molar-refractivity contribution is -0.132. The minimum atomic E-state index is -2.77. The van der Waals surface area contributed by atoms with Crippen molar-refractivity contribution in [3.63, 3.8) is 0 Å². The number of hydroxylamine groups is 1. The maximum atomic E-state index is 13.1. The topological polar surface area (TPSA) is 102 Å². The Kier molecular flexibility index (Phi) is 4.38. The second-order valence-electron chi connectivity index (χ2n) is 4.01. The zero-order valence-electron chi connectivity index (χ0n) is 10.8. The Morgan fingerprint density at radius 1 is 1.52 bits per heavy atom. The first kappa shape index (κ1) is 14.8. The third kappa shape index (κ3) is 3.28. The summed E-state index contributed by atoms with van der Waals surface area (Å²) in [5.74, 6) is -0.482. The van der Waals surface area contributed by atoms with Crippen LogP contribution in [0, 0.1) is 0 Å². The molecule has 0 fully saturated rings. The van der Waals surface area contributed by atoms with E-state index >= 15 is 0 Å². The highest BCUT2D eigenvalue weighted by molar-refractivity contribution is 5.71. The molecule has 0 saturated carbocycles. The number of nitrogens with one attached hydrogen (secondary N) is 2. The van der Waals surface area contributed by atoms with Gasteiger partial charge in [0.1, 0.15) is 6.61 Å². The van der Waals surface area contributed by atoms with Crippen molar-refractivity contribution in [2.24, 2.45) is 0 Å². The van der Waals surface area contributed by atoms with E-state index in [9.17, 15) is 18.4 Å². The van der Waals surface area contributed by atoms with Crippen LogP contribution in [-0.2, 0) is 16.2 Å². The molecule has 0 spiro atoms. The molecule has 2 N–H and O–H groups in total. The summed E-state index contributed by atoms with van der Waals surface area (Å²) < 4.78 is 27.0. The molecule has 0 aliphatic rings. The van der Waals surface area contributed by atoms with E-state index in [1.165, 1.54) is 25.1 Å². The first-order valence-corrected chi connectivity index (χ1v) is 5.79. The Hall–Kier alpha value is -2.62. The van der Waals surface area contributed by atoms with Gasteiger partial charge in [-0.3, -0.25) is 9.63 Å². The number of nitrogens with zero attached hydrogens (tertiary/aromatic N) is 3. The summed E-state index contributed by atoms with van der Waals surface area (Å²) in [6, 6.07) is 3.98. The number of hydrogen-bond donors (Lipinski definition) is 2. The van der Waals surface area contributed by atoms with Crippen molar-refractivity contribution in [2.45, 2.75) is 20.0 Å². The minimum Gasteiger partial charge on any atom is -0.273 e. The standard InChI is InChI=1S/C11H11F2N5O3/c1-6(19)15-21-5-8-7(10(12)13)3-2-4-9(8)18-11(20)14-16-17-18/h2-4,10H,5H2,1H3,(H,15,19)(H,14,17,20). The lowest BCUT2D eigenvalue weighted by Gasteiger charge is -2.13. The molecule has 1 heterocycles. The number of halogens is 2. The van der Waals surface area contributed by atoms with Crippen LogP contribution in [0.2, 0.25) is 0 Å². The fraction of sp³-hybridized carbons (Fsp3) is 0.273. The van der Waals surface area contributed by atoms with E-state index in [1.54, 1.807) is 0 Å². The number of hydrogen-bond acceptors (Lipinski definition) is 5. The number of amides is 1. The van der Waals surface area contributed by atoms with Gasteiger partial charge in [-0.2, -0.15) is 4.68 Å². The summed E-state index contributed by atoms with van der Waals surface area (Å²) in [4.78, 5) is 27.1. The van der Waals surface area contributed by atoms with Gasteiger partial charge in [-0.05, 0) is 16.5 Å². The van der Waals surface area contributed by atoms with Gasteiger partial charge in [-0.15, -0.1) is 0 Å². The Bertz CT molecular complexity index is 697. The molecule has 0 unspecified atom stereocenters. The molecule has 0 atom stereocenters. The molecule has 0 aliphatic carbocycles. The molecule has 2 rings (SSSR count). The molecule has 2 aromatic rings. The van der Waals surface area contributed by atoms with Crippen molar-refractivity contribution in [3.05, 3.63) is 39.8 Å². The molecule has 1 aromatic heterocycles. The van der Waals surface area contributed by atoms with Crippen LogP contribution in [0.1, 0.15) is 24.5 Å². The van der Waals surface area contributed by atoms with Gasteiger partial charge in [0.25, 0.3) is 6.43 Å². The molecular formula is C11H11F2N5O3. The number of alkyl halides is 2. The Morgan fingerprint density at radius 3 is 2.86 bits per heavy atom. The molecule has 112 valence electrons. The fourth-order valence-corrected chi connectivity index (χ4v) is 1.72. The highest BCUT2D eigenvalue weighted by Crippen LogP contribution is 2.27. The second kappa shape index (κ2) is 6.22. The number of aromatic nitrogens is 4. The van der Waals surface area contributed by atoms with Crippen molar-refractivity contribution in [1.82, 2.24) is 25.7 Å². The molecule has 8 nitrogen and oxygen atoms in total. The summed E-state index contributed by atoms with van der Waals surface area (Å²) in [5.41, 5.74) is 1.15. The minimum absolute atomic E-state index is 0.0252. The van der Waals surface area contributed by atoms with Crippen LogP contribution < -0.4 is 11.2 Å². The fourth-order valence-electron chi connectivity index (χ4n) is 1.72. The number of tetrazole rings is 1. The number of carbonyl (C=O) groups excluding carboxylic acids is 1. The Labute approximate surface area is 116 Å². The van der Waals surface area contributed by atoms with Crippen LogP contribution in [-0.4, -0.2) is 26.1 Å². The SMILES string of the molecule is CC(=O)NOCc1c(C(F)F)cccc1-n1nn[nH]c1=O. The van der Waals surface area contributed by atoms with Gasteiger partial charge in [0.15, 0.2) is 0 Å². The number of rotatable bonds is 5. The van der Waals surface area contributed by atoms with Gasteiger partial charge >= 0.3 is 5.69 Å². The zero-order chi connectivity index (χ0) is 15.4. The summed E-state index contributed by atoms with van der Waals surface area (Å²) in [6.07, 6.45) is -2.77. The van der Waals surface area contributed by atoms with Crippen LogP contribution in [0.25, 0.3) is 5.69 Å². The van der Waals surface area contributed by atoms with E-state index < -0.39 is 18.0 Å². The predicted octanol–water partition coefficient (Wildman–Crippen LogP) is 0.461. The number of carbonyl (C=O) groups is 1. The zero-order valence-corrected chi connectivity index (χ0v) is 10.8. The number of H-pyrrole nitrogens is 1. The van der Waals surface area contributed by atoms with Gasteiger partial charge in [0, 0.05) is 18.1 Å². The monoisotopic (exact) mass is 299 g/mol. The third-order valence-electron chi connectivity index (χ3n) is 2.56. The van der Waals surface area contributed by atoms with Gasteiger partial charge in [0.2, 0.25) is 5.91 Å². The average molecular weight is 299 g/mol. The van der Waals surface area contributed by atoms with Crippen LogP contribution >= 0.6 is 0 Å². The molecule has 0 aliphatic heterocycles. The molecule has 1 aromatic carbocycles. The summed E-state index contributed by atoms with van der Waals surface area (Å²) in [6.45, 7) is 0.858. The molecule has 10 heteroatoms. The first-order valence-electron chi connectivity index (χ1n) is 5.79. The molecule has 0 radical (unpaired) electrons. The van der Waals surface area contributed by atoms with E-state index in [4.69, 9.17) is 4.84 Å². The van der Waals surface area contributed by atoms with E-state index in [-0.39, 0.29) is 23.4 Å². The van der Waals surface area contributed by atoms with Crippen molar-refractivity contribution in [3.8, 4) is 5.69 Å². The van der Waals surface area contributed by atoms with Crippen molar-refractivity contribution in [1.29, 1.82) is 0 Å². The Morgan fingerprint density at radius 2 is 2.29 bits per heavy atom. The van der Waals surface area contributed by atoms with E-state index in [2.05, 4.69) is 15.5 Å². The van der Waals surface area contributed by atoms with Crippen LogP contribution in [0.4, 0.5) is 8.78 Å². The van der Waals surface area contributed by atoms with Crippen LogP contribution in [0.5, 0.6) is 0 Å². The van der Waals surface area contributed by atoms with Crippen LogP contribution in [0.3, 0.4) is 0 Å². The van der Waals surface area contributed by atoms with Crippen molar-refractivity contribution >= 4 is 5.91 Å². The van der Waals surface area contributed by atoms with Crippen molar-refractivity contribution in [2.75, 3.05) is 0 Å². The second-order valence-corrected chi connectivity index (χ2v) is 4.01. The average Bonchev–Trinajstić information content (AvgIpc) is 2.84. The van der Waals surface area contributed by atoms with Gasteiger partial charge < -0.3 is 0 Å². The van der Waals surface area contributed by atoms with Gasteiger partial charge in [-0.25, -0.2) is 24.2 Å². The molecule has 0 saturated heterocycles. The molecular weight excluding hydrogens is 288 g/mol. The van der Waals surface area contributed by atoms with Gasteiger partial charge in [-0.1, -0.05) is 12.1 Å². The summed E-state index contributed by atoms with van der Waals surface area (Å²) in [7, 11) is 0. The molecule has 21 heavy (non-hydrogen) atoms. The van der Waals surface area contributed by atoms with E-state index in [0.29, 0.717) is 0 Å². The van der Waals surface area contributed by atoms with E-state index in [0.717, 1.165) is 4.68 Å². The van der Waals surface area contributed by atoms with Crippen molar-refractivity contribution < 1.29 is 18.4 Å². The smallest absolute Gasteiger partial charge is 0.273 e. The number of benzene rings is 1. The number of aromatic amines is 1. The van der Waals surface area contributed by atoms with Crippen LogP contribution in [0.15, 0.2) is 23.0 Å². The lowest BCUT2D eigenvalue weighted by atomic mass is 10.1. The molecule has 0 bridgehead atoms. The Balaban J connectivity index is 2.44. The summed E-state index contributed by atoms with van der Waals surface area (Å²) in [5, 5.41) is 8.87. The lowest BCUT2D eigenvalue weighted by Crippen LogP contribution is -2.23. The highest BCUT2D eigenvalue weighted by atomic mass is 19.3. The maximum Gasteiger partial charge on any atom is 0.365 e. The normalized spacial score (nSPS) is 10.9. The van der Waals surface area contributed by atoms with Gasteiger partial charge in [0.05, 0.1) is 5.69 Å². The predicted molar refractivity (Wildman–Crippen MR) is 65.5 cm³/mol.